The number of hydrogen-bond acceptors (Lipinski definition) is 3. The van der Waals surface area contributed by atoms with E-state index in [-0.39, 0.29) is 11.5 Å². The number of fused-ring (bicyclic) bond motifs is 1. The zero-order chi connectivity index (χ0) is 10.3. The van der Waals surface area contributed by atoms with Crippen LogP contribution in [0.4, 0.5) is 0 Å². The van der Waals surface area contributed by atoms with E-state index in [2.05, 4.69) is 25.9 Å². The van der Waals surface area contributed by atoms with Crippen LogP contribution in [0.25, 0.3) is 0 Å². The first-order chi connectivity index (χ1) is 6.63. The fourth-order valence-electron chi connectivity index (χ4n) is 2.92. The summed E-state index contributed by atoms with van der Waals surface area (Å²) < 4.78 is 5.04. The van der Waals surface area contributed by atoms with Crippen molar-refractivity contribution in [1.29, 1.82) is 0 Å². The molecule has 1 aromatic rings. The molecule has 3 nitrogen and oxygen atoms in total. The van der Waals surface area contributed by atoms with Gasteiger partial charge >= 0.3 is 0 Å². The van der Waals surface area contributed by atoms with Crippen LogP contribution < -0.4 is 5.73 Å². The average molecular weight is 194 g/mol. The van der Waals surface area contributed by atoms with Crippen molar-refractivity contribution >= 4 is 0 Å². The van der Waals surface area contributed by atoms with E-state index in [0.29, 0.717) is 5.92 Å². The highest BCUT2D eigenvalue weighted by atomic mass is 16.5. The minimum atomic E-state index is 0.0301. The summed E-state index contributed by atoms with van der Waals surface area (Å²) in [5, 5.41) is 4.14. The van der Waals surface area contributed by atoms with Crippen molar-refractivity contribution in [2.24, 2.45) is 11.7 Å². The van der Waals surface area contributed by atoms with Gasteiger partial charge in [-0.3, -0.25) is 0 Å². The Morgan fingerprint density at radius 3 is 3.00 bits per heavy atom. The Morgan fingerprint density at radius 1 is 1.71 bits per heavy atom. The molecule has 0 saturated heterocycles. The molecule has 2 N–H and O–H groups in total. The predicted molar refractivity (Wildman–Crippen MR) is 55.0 cm³/mol. The Balaban J connectivity index is 2.52. The second-order valence-electron chi connectivity index (χ2n) is 4.55. The van der Waals surface area contributed by atoms with Crippen molar-refractivity contribution < 1.29 is 4.52 Å². The maximum atomic E-state index is 6.24. The topological polar surface area (TPSA) is 52.0 Å². The summed E-state index contributed by atoms with van der Waals surface area (Å²) in [7, 11) is 0. The number of aromatic nitrogens is 1. The highest BCUT2D eigenvalue weighted by Gasteiger charge is 2.48. The highest BCUT2D eigenvalue weighted by Crippen LogP contribution is 2.45. The van der Waals surface area contributed by atoms with Crippen LogP contribution in [0.1, 0.15) is 38.4 Å². The van der Waals surface area contributed by atoms with Gasteiger partial charge in [-0.15, -0.1) is 0 Å². The summed E-state index contributed by atoms with van der Waals surface area (Å²) in [5.41, 5.74) is 8.57. The SMILES string of the molecule is CCC1(C(C)C)c2nocc2C[C@H]1N. The van der Waals surface area contributed by atoms with Gasteiger partial charge in [0.2, 0.25) is 0 Å². The quantitative estimate of drug-likeness (QED) is 0.781. The molecule has 0 spiro atoms. The first kappa shape index (κ1) is 9.71. The Hall–Kier alpha value is -0.830. The van der Waals surface area contributed by atoms with E-state index in [0.717, 1.165) is 18.5 Å². The maximum Gasteiger partial charge on any atom is 0.127 e. The molecule has 2 rings (SSSR count). The van der Waals surface area contributed by atoms with Gasteiger partial charge in [-0.05, 0) is 18.8 Å². The van der Waals surface area contributed by atoms with E-state index in [9.17, 15) is 0 Å². The van der Waals surface area contributed by atoms with Gasteiger partial charge < -0.3 is 10.3 Å². The minimum Gasteiger partial charge on any atom is -0.364 e. The highest BCUT2D eigenvalue weighted by molar-refractivity contribution is 5.35. The number of hydrogen-bond donors (Lipinski definition) is 1. The van der Waals surface area contributed by atoms with E-state index >= 15 is 0 Å². The molecule has 0 fully saturated rings. The molecule has 0 radical (unpaired) electrons. The van der Waals surface area contributed by atoms with Crippen LogP contribution in [0.5, 0.6) is 0 Å². The number of nitrogens with two attached hydrogens (primary N) is 1. The Kier molecular flexibility index (Phi) is 2.14. The summed E-state index contributed by atoms with van der Waals surface area (Å²) >= 11 is 0. The lowest BCUT2D eigenvalue weighted by molar-refractivity contribution is 0.235. The summed E-state index contributed by atoms with van der Waals surface area (Å²) in [5.74, 6) is 0.508. The van der Waals surface area contributed by atoms with Gasteiger partial charge in [-0.1, -0.05) is 25.9 Å². The monoisotopic (exact) mass is 194 g/mol. The third-order valence-corrected chi connectivity index (χ3v) is 3.80. The Morgan fingerprint density at radius 2 is 2.43 bits per heavy atom. The molecule has 0 saturated carbocycles. The van der Waals surface area contributed by atoms with Crippen LogP contribution in [0.15, 0.2) is 10.8 Å². The van der Waals surface area contributed by atoms with Crippen molar-refractivity contribution in [3.8, 4) is 0 Å². The zero-order valence-corrected chi connectivity index (χ0v) is 9.08. The largest absolute Gasteiger partial charge is 0.364 e. The second-order valence-corrected chi connectivity index (χ2v) is 4.55. The molecule has 1 aromatic heterocycles. The molecule has 1 aliphatic rings. The Bertz CT molecular complexity index is 332. The van der Waals surface area contributed by atoms with Crippen molar-refractivity contribution in [2.45, 2.75) is 45.1 Å². The van der Waals surface area contributed by atoms with Gasteiger partial charge in [-0.25, -0.2) is 0 Å². The molecule has 1 unspecified atom stereocenters. The van der Waals surface area contributed by atoms with Gasteiger partial charge in [0.25, 0.3) is 0 Å². The summed E-state index contributed by atoms with van der Waals surface area (Å²) in [6.45, 7) is 6.62. The fraction of sp³-hybridized carbons (Fsp3) is 0.727. The third-order valence-electron chi connectivity index (χ3n) is 3.80. The zero-order valence-electron chi connectivity index (χ0n) is 9.08. The lowest BCUT2D eigenvalue weighted by atomic mass is 9.70. The van der Waals surface area contributed by atoms with Gasteiger partial charge in [-0.2, -0.15) is 0 Å². The Labute approximate surface area is 84.7 Å². The standard InChI is InChI=1S/C11H18N2O/c1-4-11(7(2)3)9(12)5-8-6-14-13-10(8)11/h6-7,9H,4-5,12H2,1-3H3/t9-,11?/m1/s1. The van der Waals surface area contributed by atoms with Crippen LogP contribution in [-0.2, 0) is 11.8 Å². The second kappa shape index (κ2) is 3.09. The van der Waals surface area contributed by atoms with Crippen molar-refractivity contribution in [3.05, 3.63) is 17.5 Å². The molecular weight excluding hydrogens is 176 g/mol. The van der Waals surface area contributed by atoms with E-state index in [4.69, 9.17) is 10.3 Å². The van der Waals surface area contributed by atoms with Crippen LogP contribution in [0, 0.1) is 5.92 Å². The molecule has 0 aliphatic heterocycles. The summed E-state index contributed by atoms with van der Waals surface area (Å²) in [6, 6.07) is 0.196. The third kappa shape index (κ3) is 0.989. The van der Waals surface area contributed by atoms with E-state index in [1.807, 2.05) is 0 Å². The molecule has 0 aromatic carbocycles. The molecule has 3 heteroatoms. The van der Waals surface area contributed by atoms with Crippen molar-refractivity contribution in [3.63, 3.8) is 0 Å². The molecule has 0 amide bonds. The molecule has 0 bridgehead atoms. The molecule has 2 atom stereocenters. The predicted octanol–water partition coefficient (Wildman–Crippen LogP) is 1.86. The minimum absolute atomic E-state index is 0.0301. The van der Waals surface area contributed by atoms with E-state index in [1.165, 1.54) is 5.56 Å². The van der Waals surface area contributed by atoms with E-state index in [1.54, 1.807) is 6.26 Å². The lowest BCUT2D eigenvalue weighted by Crippen LogP contribution is -2.46. The summed E-state index contributed by atoms with van der Waals surface area (Å²) in [4.78, 5) is 0. The van der Waals surface area contributed by atoms with Gasteiger partial charge in [0, 0.05) is 17.0 Å². The van der Waals surface area contributed by atoms with Gasteiger partial charge in [0.05, 0.1) is 5.69 Å². The molecule has 14 heavy (non-hydrogen) atoms. The van der Waals surface area contributed by atoms with Crippen LogP contribution in [0.2, 0.25) is 0 Å². The van der Waals surface area contributed by atoms with Crippen LogP contribution >= 0.6 is 0 Å². The number of nitrogens with zero attached hydrogens (tertiary/aromatic N) is 1. The molecule has 78 valence electrons. The normalized spacial score (nSPS) is 31.1. The first-order valence-corrected chi connectivity index (χ1v) is 5.32. The summed E-state index contributed by atoms with van der Waals surface area (Å²) in [6.07, 6.45) is 3.69. The van der Waals surface area contributed by atoms with Crippen LogP contribution in [0.3, 0.4) is 0 Å². The fourth-order valence-corrected chi connectivity index (χ4v) is 2.92. The van der Waals surface area contributed by atoms with Crippen molar-refractivity contribution in [1.82, 2.24) is 5.16 Å². The lowest BCUT2D eigenvalue weighted by Gasteiger charge is -2.35. The molecule has 1 aliphatic carbocycles. The van der Waals surface area contributed by atoms with Crippen LogP contribution in [-0.4, -0.2) is 11.2 Å². The number of rotatable bonds is 2. The van der Waals surface area contributed by atoms with Gasteiger partial charge in [0.15, 0.2) is 0 Å². The first-order valence-electron chi connectivity index (χ1n) is 5.32. The van der Waals surface area contributed by atoms with E-state index < -0.39 is 0 Å². The van der Waals surface area contributed by atoms with Crippen molar-refractivity contribution in [2.75, 3.05) is 0 Å². The smallest absolute Gasteiger partial charge is 0.127 e. The van der Waals surface area contributed by atoms with Gasteiger partial charge in [0.1, 0.15) is 6.26 Å². The maximum absolute atomic E-state index is 6.24. The molecular formula is C11H18N2O. The molecule has 1 heterocycles. The average Bonchev–Trinajstić information content (AvgIpc) is 2.63.